The summed E-state index contributed by atoms with van der Waals surface area (Å²) >= 11 is 0. The SMILES string of the molecule is COC(=O)NC1CCC(NC(=O)[C@H]2CCCN(S(=O)(=O)c3ccccc3)C2)CC1. The molecule has 1 aromatic rings. The monoisotopic (exact) mass is 423 g/mol. The average Bonchev–Trinajstić information content (AvgIpc) is 2.75. The molecule has 2 aliphatic rings. The molecule has 2 N–H and O–H groups in total. The van der Waals surface area contributed by atoms with Crippen molar-refractivity contribution in [3.8, 4) is 0 Å². The van der Waals surface area contributed by atoms with Crippen LogP contribution in [0.2, 0.25) is 0 Å². The van der Waals surface area contributed by atoms with Gasteiger partial charge in [-0.2, -0.15) is 4.31 Å². The van der Waals surface area contributed by atoms with E-state index in [9.17, 15) is 18.0 Å². The Morgan fingerprint density at radius 1 is 1.00 bits per heavy atom. The molecule has 1 saturated heterocycles. The number of ether oxygens (including phenoxy) is 1. The van der Waals surface area contributed by atoms with Gasteiger partial charge in [0.05, 0.1) is 17.9 Å². The van der Waals surface area contributed by atoms with Gasteiger partial charge in [0.15, 0.2) is 0 Å². The van der Waals surface area contributed by atoms with Crippen LogP contribution in [0.4, 0.5) is 4.79 Å². The van der Waals surface area contributed by atoms with Gasteiger partial charge >= 0.3 is 6.09 Å². The predicted molar refractivity (Wildman–Crippen MR) is 108 cm³/mol. The van der Waals surface area contributed by atoms with Crippen molar-refractivity contribution in [3.05, 3.63) is 30.3 Å². The van der Waals surface area contributed by atoms with Crippen molar-refractivity contribution in [2.45, 2.75) is 55.5 Å². The normalized spacial score (nSPS) is 25.8. The third kappa shape index (κ3) is 5.48. The van der Waals surface area contributed by atoms with Gasteiger partial charge in [-0.1, -0.05) is 18.2 Å². The average molecular weight is 424 g/mol. The van der Waals surface area contributed by atoms with Crippen LogP contribution in [0.1, 0.15) is 38.5 Å². The van der Waals surface area contributed by atoms with Crippen LogP contribution < -0.4 is 10.6 Å². The lowest BCUT2D eigenvalue weighted by molar-refractivity contribution is -0.127. The van der Waals surface area contributed by atoms with E-state index in [1.165, 1.54) is 11.4 Å². The fourth-order valence-electron chi connectivity index (χ4n) is 4.04. The van der Waals surface area contributed by atoms with Crippen LogP contribution in [-0.2, 0) is 19.6 Å². The molecule has 8 nitrogen and oxygen atoms in total. The quantitative estimate of drug-likeness (QED) is 0.752. The van der Waals surface area contributed by atoms with Gasteiger partial charge < -0.3 is 15.4 Å². The van der Waals surface area contributed by atoms with Gasteiger partial charge in [-0.25, -0.2) is 13.2 Å². The summed E-state index contributed by atoms with van der Waals surface area (Å²) in [4.78, 5) is 24.3. The first-order chi connectivity index (χ1) is 13.9. The maximum atomic E-state index is 12.8. The van der Waals surface area contributed by atoms with E-state index in [-0.39, 0.29) is 35.3 Å². The van der Waals surface area contributed by atoms with Gasteiger partial charge in [-0.3, -0.25) is 4.79 Å². The summed E-state index contributed by atoms with van der Waals surface area (Å²) in [6, 6.07) is 8.47. The standard InChI is InChI=1S/C20H29N3O5S/c1-28-20(25)22-17-11-9-16(10-12-17)21-19(24)15-6-5-13-23(14-15)29(26,27)18-7-3-2-4-8-18/h2-4,7-8,15-17H,5-6,9-14H2,1H3,(H,21,24)(H,22,25)/t15-,16?,17?/m0/s1. The Morgan fingerprint density at radius 2 is 1.62 bits per heavy atom. The summed E-state index contributed by atoms with van der Waals surface area (Å²) < 4.78 is 31.7. The zero-order chi connectivity index (χ0) is 20.9. The zero-order valence-corrected chi connectivity index (χ0v) is 17.5. The summed E-state index contributed by atoms with van der Waals surface area (Å²) in [6.45, 7) is 0.646. The smallest absolute Gasteiger partial charge is 0.407 e. The molecule has 29 heavy (non-hydrogen) atoms. The molecule has 0 spiro atoms. The number of hydrogen-bond donors (Lipinski definition) is 2. The van der Waals surface area contributed by atoms with E-state index in [2.05, 4.69) is 15.4 Å². The molecule has 1 aromatic carbocycles. The molecular weight excluding hydrogens is 394 g/mol. The van der Waals surface area contributed by atoms with E-state index in [1.54, 1.807) is 30.3 Å². The molecule has 1 saturated carbocycles. The Labute approximate surface area is 172 Å². The number of benzene rings is 1. The number of sulfonamides is 1. The van der Waals surface area contributed by atoms with Crippen LogP contribution in [-0.4, -0.2) is 57.0 Å². The third-order valence-electron chi connectivity index (χ3n) is 5.72. The number of nitrogens with one attached hydrogen (secondary N) is 2. The van der Waals surface area contributed by atoms with Gasteiger partial charge in [0.25, 0.3) is 0 Å². The van der Waals surface area contributed by atoms with E-state index in [0.717, 1.165) is 25.7 Å². The molecule has 9 heteroatoms. The van der Waals surface area contributed by atoms with Crippen molar-refractivity contribution in [1.82, 2.24) is 14.9 Å². The van der Waals surface area contributed by atoms with Gasteiger partial charge in [0, 0.05) is 25.2 Å². The number of carbonyl (C=O) groups is 2. The molecule has 160 valence electrons. The lowest BCUT2D eigenvalue weighted by Crippen LogP contribution is -2.49. The topological polar surface area (TPSA) is 105 Å². The summed E-state index contributed by atoms with van der Waals surface area (Å²) in [5.41, 5.74) is 0. The third-order valence-corrected chi connectivity index (χ3v) is 7.60. The highest BCUT2D eigenvalue weighted by atomic mass is 32.2. The zero-order valence-electron chi connectivity index (χ0n) is 16.7. The van der Waals surface area contributed by atoms with E-state index in [1.807, 2.05) is 0 Å². The minimum absolute atomic E-state index is 0.0549. The number of amides is 2. The van der Waals surface area contributed by atoms with Crippen LogP contribution in [0.25, 0.3) is 0 Å². The molecule has 2 fully saturated rings. The first kappa shape index (κ1) is 21.6. The Morgan fingerprint density at radius 3 is 2.24 bits per heavy atom. The van der Waals surface area contributed by atoms with Crippen molar-refractivity contribution in [1.29, 1.82) is 0 Å². The fraction of sp³-hybridized carbons (Fsp3) is 0.600. The lowest BCUT2D eigenvalue weighted by Gasteiger charge is -2.34. The van der Waals surface area contributed by atoms with Crippen molar-refractivity contribution < 1.29 is 22.7 Å². The Bertz CT molecular complexity index is 807. The predicted octanol–water partition coefficient (Wildman–Crippen LogP) is 1.87. The minimum atomic E-state index is -3.58. The molecule has 0 radical (unpaired) electrons. The molecule has 1 heterocycles. The summed E-state index contributed by atoms with van der Waals surface area (Å²) in [6.07, 6.45) is 4.03. The number of hydrogen-bond acceptors (Lipinski definition) is 5. The molecule has 1 aliphatic heterocycles. The molecule has 0 unspecified atom stereocenters. The number of carbonyl (C=O) groups excluding carboxylic acids is 2. The largest absolute Gasteiger partial charge is 0.453 e. The van der Waals surface area contributed by atoms with Gasteiger partial charge in [0.1, 0.15) is 0 Å². The van der Waals surface area contributed by atoms with Crippen LogP contribution in [0, 0.1) is 5.92 Å². The van der Waals surface area contributed by atoms with Crippen LogP contribution in [0.3, 0.4) is 0 Å². The highest BCUT2D eigenvalue weighted by Crippen LogP contribution is 2.25. The van der Waals surface area contributed by atoms with E-state index < -0.39 is 16.1 Å². The highest BCUT2D eigenvalue weighted by molar-refractivity contribution is 7.89. The Hall–Kier alpha value is -2.13. The van der Waals surface area contributed by atoms with E-state index in [4.69, 9.17) is 0 Å². The second kappa shape index (κ2) is 9.58. The van der Waals surface area contributed by atoms with Gasteiger partial charge in [-0.05, 0) is 50.7 Å². The van der Waals surface area contributed by atoms with E-state index in [0.29, 0.717) is 19.4 Å². The van der Waals surface area contributed by atoms with Gasteiger partial charge in [-0.15, -0.1) is 0 Å². The maximum absolute atomic E-state index is 12.8. The summed E-state index contributed by atoms with van der Waals surface area (Å²) in [7, 11) is -2.24. The number of rotatable bonds is 5. The fourth-order valence-corrected chi connectivity index (χ4v) is 5.59. The molecule has 0 aromatic heterocycles. The van der Waals surface area contributed by atoms with Crippen LogP contribution in [0.5, 0.6) is 0 Å². The maximum Gasteiger partial charge on any atom is 0.407 e. The first-order valence-corrected chi connectivity index (χ1v) is 11.5. The van der Waals surface area contributed by atoms with Gasteiger partial charge in [0.2, 0.25) is 15.9 Å². The minimum Gasteiger partial charge on any atom is -0.453 e. The second-order valence-corrected chi connectivity index (χ2v) is 9.65. The molecule has 1 aliphatic carbocycles. The Kier molecular flexibility index (Phi) is 7.13. The second-order valence-electron chi connectivity index (χ2n) is 7.71. The number of alkyl carbamates (subject to hydrolysis) is 1. The van der Waals surface area contributed by atoms with E-state index >= 15 is 0 Å². The summed E-state index contributed by atoms with van der Waals surface area (Å²) in [5.74, 6) is -0.421. The number of piperidine rings is 1. The van der Waals surface area contributed by atoms with Crippen molar-refractivity contribution in [2.75, 3.05) is 20.2 Å². The first-order valence-electron chi connectivity index (χ1n) is 10.1. The molecular formula is C20H29N3O5S. The summed E-state index contributed by atoms with van der Waals surface area (Å²) in [5, 5.41) is 5.88. The lowest BCUT2D eigenvalue weighted by atomic mass is 9.90. The van der Waals surface area contributed by atoms with Crippen LogP contribution >= 0.6 is 0 Å². The van der Waals surface area contributed by atoms with Crippen molar-refractivity contribution >= 4 is 22.0 Å². The highest BCUT2D eigenvalue weighted by Gasteiger charge is 2.34. The molecule has 2 amide bonds. The van der Waals surface area contributed by atoms with Crippen LogP contribution in [0.15, 0.2) is 35.2 Å². The molecule has 0 bridgehead atoms. The molecule has 1 atom stereocenters. The molecule has 3 rings (SSSR count). The van der Waals surface area contributed by atoms with Crippen molar-refractivity contribution in [2.24, 2.45) is 5.92 Å². The Balaban J connectivity index is 1.52. The number of nitrogens with zero attached hydrogens (tertiary/aromatic N) is 1. The number of methoxy groups -OCH3 is 1. The van der Waals surface area contributed by atoms with Crippen molar-refractivity contribution in [3.63, 3.8) is 0 Å².